The van der Waals surface area contributed by atoms with E-state index in [1.54, 1.807) is 12.1 Å². The van der Waals surface area contributed by atoms with Crippen molar-refractivity contribution in [2.75, 3.05) is 22.4 Å². The molecule has 2 aromatic carbocycles. The van der Waals surface area contributed by atoms with E-state index in [0.717, 1.165) is 24.9 Å². The van der Waals surface area contributed by atoms with E-state index in [4.69, 9.17) is 16.6 Å². The molecule has 140 valence electrons. The quantitative estimate of drug-likeness (QED) is 0.643. The van der Waals surface area contributed by atoms with Crippen molar-refractivity contribution in [2.24, 2.45) is 0 Å². The van der Waals surface area contributed by atoms with Crippen LogP contribution in [0.1, 0.15) is 19.8 Å². The molecule has 1 aliphatic rings. The smallest absolute Gasteiger partial charge is 0.267 e. The highest BCUT2D eigenvalue weighted by Crippen LogP contribution is 2.37. The number of sulfonamides is 1. The molecule has 0 saturated carbocycles. The van der Waals surface area contributed by atoms with Gasteiger partial charge in [0.1, 0.15) is 6.67 Å². The van der Waals surface area contributed by atoms with E-state index in [1.165, 1.54) is 16.4 Å². The Hall–Kier alpha value is -2.38. The van der Waals surface area contributed by atoms with E-state index in [-0.39, 0.29) is 11.6 Å². The van der Waals surface area contributed by atoms with Gasteiger partial charge in [0.15, 0.2) is 11.6 Å². The number of anilines is 2. The largest absolute Gasteiger partial charge is 0.335 e. The van der Waals surface area contributed by atoms with E-state index >= 15 is 0 Å². The lowest BCUT2D eigenvalue weighted by atomic mass is 10.3. The van der Waals surface area contributed by atoms with E-state index in [2.05, 4.69) is 11.9 Å². The Kier molecular flexibility index (Phi) is 4.65. The molecule has 6 nitrogen and oxygen atoms in total. The van der Waals surface area contributed by atoms with Crippen molar-refractivity contribution in [3.05, 3.63) is 53.6 Å². The lowest BCUT2D eigenvalue weighted by Crippen LogP contribution is -2.36. The van der Waals surface area contributed by atoms with Gasteiger partial charge in [-0.15, -0.1) is 0 Å². The van der Waals surface area contributed by atoms with Crippen LogP contribution in [-0.4, -0.2) is 31.6 Å². The van der Waals surface area contributed by atoms with Crippen molar-refractivity contribution in [3.63, 3.8) is 0 Å². The van der Waals surface area contributed by atoms with Gasteiger partial charge in [-0.1, -0.05) is 37.1 Å². The van der Waals surface area contributed by atoms with Crippen LogP contribution in [0.4, 0.5) is 11.6 Å². The number of unbranched alkanes of at least 4 members (excludes halogenated alkanes) is 1. The molecular formula is C19H19ClN4O2S. The summed E-state index contributed by atoms with van der Waals surface area (Å²) in [7, 11) is -3.76. The number of hydrogen-bond donors (Lipinski definition) is 0. The van der Waals surface area contributed by atoms with Crippen LogP contribution in [-0.2, 0) is 10.0 Å². The zero-order chi connectivity index (χ0) is 19.0. The van der Waals surface area contributed by atoms with Gasteiger partial charge in [0.25, 0.3) is 10.0 Å². The molecule has 0 radical (unpaired) electrons. The lowest BCUT2D eigenvalue weighted by molar-refractivity contribution is 0.590. The Balaban J connectivity index is 1.83. The molecule has 27 heavy (non-hydrogen) atoms. The Morgan fingerprint density at radius 2 is 1.63 bits per heavy atom. The van der Waals surface area contributed by atoms with Crippen molar-refractivity contribution < 1.29 is 8.42 Å². The summed E-state index contributed by atoms with van der Waals surface area (Å²) in [5.41, 5.74) is 1.42. The molecular weight excluding hydrogens is 384 g/mol. The maximum absolute atomic E-state index is 13.3. The molecule has 0 N–H and O–H groups in total. The number of fused-ring (bicyclic) bond motifs is 2. The van der Waals surface area contributed by atoms with Crippen LogP contribution in [0, 0.1) is 0 Å². The lowest BCUT2D eigenvalue weighted by Gasteiger charge is -2.20. The van der Waals surface area contributed by atoms with Crippen LogP contribution in [0.3, 0.4) is 0 Å². The molecule has 0 spiro atoms. The van der Waals surface area contributed by atoms with Gasteiger partial charge >= 0.3 is 0 Å². The van der Waals surface area contributed by atoms with Crippen LogP contribution < -0.4 is 9.21 Å². The predicted molar refractivity (Wildman–Crippen MR) is 108 cm³/mol. The Bertz CT molecular complexity index is 1090. The first-order chi connectivity index (χ1) is 13.0. The molecule has 0 saturated heterocycles. The number of para-hydroxylation sites is 2. The minimum atomic E-state index is -3.76. The minimum absolute atomic E-state index is 0.185. The van der Waals surface area contributed by atoms with Gasteiger partial charge in [-0.05, 0) is 42.8 Å². The van der Waals surface area contributed by atoms with Gasteiger partial charge < -0.3 is 4.90 Å². The SMILES string of the molecule is CCCCN1CN(S(=O)(=O)c2ccc(Cl)cc2)c2nc3ccccc3nc21. The molecule has 0 aliphatic carbocycles. The second-order valence-corrected chi connectivity index (χ2v) is 8.72. The molecule has 0 amide bonds. The Morgan fingerprint density at radius 1 is 1.00 bits per heavy atom. The molecule has 0 bridgehead atoms. The van der Waals surface area contributed by atoms with E-state index in [1.807, 2.05) is 29.2 Å². The van der Waals surface area contributed by atoms with Crippen molar-refractivity contribution in [1.82, 2.24) is 9.97 Å². The molecule has 0 atom stereocenters. The first-order valence-corrected chi connectivity index (χ1v) is 10.6. The fourth-order valence-electron chi connectivity index (χ4n) is 3.10. The fraction of sp³-hybridized carbons (Fsp3) is 0.263. The third-order valence-electron chi connectivity index (χ3n) is 4.55. The number of halogens is 1. The van der Waals surface area contributed by atoms with Crippen molar-refractivity contribution in [3.8, 4) is 0 Å². The van der Waals surface area contributed by atoms with Crippen LogP contribution in [0.2, 0.25) is 5.02 Å². The fourth-order valence-corrected chi connectivity index (χ4v) is 4.60. The average molecular weight is 403 g/mol. The van der Waals surface area contributed by atoms with Gasteiger partial charge in [-0.2, -0.15) is 0 Å². The molecule has 0 unspecified atom stereocenters. The average Bonchev–Trinajstić information content (AvgIpc) is 3.03. The Morgan fingerprint density at radius 3 is 2.26 bits per heavy atom. The summed E-state index contributed by atoms with van der Waals surface area (Å²) < 4.78 is 27.8. The van der Waals surface area contributed by atoms with Crippen LogP contribution in [0.15, 0.2) is 53.4 Å². The summed E-state index contributed by atoms with van der Waals surface area (Å²) in [6.45, 7) is 3.03. The zero-order valence-corrected chi connectivity index (χ0v) is 16.4. The molecule has 3 aromatic rings. The van der Waals surface area contributed by atoms with E-state index in [9.17, 15) is 8.42 Å². The molecule has 1 aliphatic heterocycles. The van der Waals surface area contributed by atoms with Gasteiger partial charge in [-0.3, -0.25) is 0 Å². The first-order valence-electron chi connectivity index (χ1n) is 8.81. The van der Waals surface area contributed by atoms with Gasteiger partial charge in [0.05, 0.1) is 15.9 Å². The highest BCUT2D eigenvalue weighted by Gasteiger charge is 2.37. The standard InChI is InChI=1S/C19H19ClN4O2S/c1-2-3-12-23-13-24(27(25,26)15-10-8-14(20)9-11-15)19-18(23)21-16-6-4-5-7-17(16)22-19/h4-11H,2-3,12-13H2,1H3. The normalized spacial score (nSPS) is 14.0. The highest BCUT2D eigenvalue weighted by molar-refractivity contribution is 7.92. The zero-order valence-electron chi connectivity index (χ0n) is 14.8. The van der Waals surface area contributed by atoms with Gasteiger partial charge in [0.2, 0.25) is 0 Å². The van der Waals surface area contributed by atoms with Gasteiger partial charge in [0, 0.05) is 11.6 Å². The second kappa shape index (κ2) is 6.98. The summed E-state index contributed by atoms with van der Waals surface area (Å²) in [5, 5.41) is 0.492. The summed E-state index contributed by atoms with van der Waals surface area (Å²) >= 11 is 5.91. The molecule has 8 heteroatoms. The predicted octanol–water partition coefficient (Wildman–Crippen LogP) is 4.06. The summed E-state index contributed by atoms with van der Waals surface area (Å²) in [6.07, 6.45) is 1.96. The second-order valence-electron chi connectivity index (χ2n) is 6.43. The summed E-state index contributed by atoms with van der Waals surface area (Å²) in [4.78, 5) is 11.5. The number of hydrogen-bond acceptors (Lipinski definition) is 5. The maximum atomic E-state index is 13.3. The minimum Gasteiger partial charge on any atom is -0.335 e. The molecule has 2 heterocycles. The Labute approximate surface area is 163 Å². The van der Waals surface area contributed by atoms with Crippen LogP contribution in [0.5, 0.6) is 0 Å². The van der Waals surface area contributed by atoms with E-state index in [0.29, 0.717) is 22.2 Å². The topological polar surface area (TPSA) is 66.4 Å². The summed E-state index contributed by atoms with van der Waals surface area (Å²) in [6, 6.07) is 13.7. The summed E-state index contributed by atoms with van der Waals surface area (Å²) in [5.74, 6) is 0.986. The van der Waals surface area contributed by atoms with Crippen molar-refractivity contribution in [1.29, 1.82) is 0 Å². The van der Waals surface area contributed by atoms with Crippen molar-refractivity contribution >= 4 is 44.3 Å². The third kappa shape index (κ3) is 3.21. The number of benzene rings is 2. The third-order valence-corrected chi connectivity index (χ3v) is 6.54. The highest BCUT2D eigenvalue weighted by atomic mass is 35.5. The molecule has 0 fully saturated rings. The maximum Gasteiger partial charge on any atom is 0.267 e. The van der Waals surface area contributed by atoms with Crippen LogP contribution in [0.25, 0.3) is 11.0 Å². The number of nitrogens with zero attached hydrogens (tertiary/aromatic N) is 4. The number of aromatic nitrogens is 2. The van der Waals surface area contributed by atoms with Gasteiger partial charge in [-0.25, -0.2) is 22.7 Å². The molecule has 1 aromatic heterocycles. The monoisotopic (exact) mass is 402 g/mol. The van der Waals surface area contributed by atoms with E-state index < -0.39 is 10.0 Å². The number of rotatable bonds is 5. The van der Waals surface area contributed by atoms with Crippen molar-refractivity contribution in [2.45, 2.75) is 24.7 Å². The first kappa shape index (κ1) is 18.0. The van der Waals surface area contributed by atoms with Crippen LogP contribution >= 0.6 is 11.6 Å². The molecule has 4 rings (SSSR count).